The normalized spacial score (nSPS) is 12.1. The summed E-state index contributed by atoms with van der Waals surface area (Å²) >= 11 is 12.3. The zero-order chi connectivity index (χ0) is 24.2. The van der Waals surface area contributed by atoms with Crippen LogP contribution in [0.4, 0.5) is 5.82 Å². The summed E-state index contributed by atoms with van der Waals surface area (Å²) in [5.41, 5.74) is 3.05. The zero-order valence-electron chi connectivity index (χ0n) is 19.1. The minimum atomic E-state index is -0.423. The van der Waals surface area contributed by atoms with Crippen molar-refractivity contribution < 1.29 is 4.79 Å². The van der Waals surface area contributed by atoms with Gasteiger partial charge in [0.25, 0.3) is 5.91 Å². The number of rotatable bonds is 8. The smallest absolute Gasteiger partial charge is 0.258 e. The first kappa shape index (κ1) is 24.0. The van der Waals surface area contributed by atoms with Gasteiger partial charge in [-0.1, -0.05) is 68.4 Å². The lowest BCUT2D eigenvalue weighted by Crippen LogP contribution is -2.19. The third-order valence-electron chi connectivity index (χ3n) is 6.05. The van der Waals surface area contributed by atoms with Crippen LogP contribution in [0, 0.1) is 17.2 Å². The molecule has 0 fully saturated rings. The molecule has 34 heavy (non-hydrogen) atoms. The van der Waals surface area contributed by atoms with Crippen LogP contribution in [-0.2, 0) is 6.54 Å². The summed E-state index contributed by atoms with van der Waals surface area (Å²) in [4.78, 5) is 22.8. The lowest BCUT2D eigenvalue weighted by Gasteiger charge is -2.19. The van der Waals surface area contributed by atoms with E-state index in [0.717, 1.165) is 31.2 Å². The molecule has 2 aromatic heterocycles. The van der Waals surface area contributed by atoms with Gasteiger partial charge in [-0.25, -0.2) is 9.97 Å². The first-order valence-corrected chi connectivity index (χ1v) is 12.2. The molecule has 1 atom stereocenters. The maximum absolute atomic E-state index is 13.2. The number of nitrogens with zero attached hydrogens (tertiary/aromatic N) is 4. The van der Waals surface area contributed by atoms with E-state index in [1.165, 1.54) is 6.07 Å². The predicted octanol–water partition coefficient (Wildman–Crippen LogP) is 7.23. The third kappa shape index (κ3) is 4.72. The number of carbonyl (C=O) groups is 1. The van der Waals surface area contributed by atoms with E-state index in [2.05, 4.69) is 25.2 Å². The second-order valence-electron chi connectivity index (χ2n) is 8.33. The van der Waals surface area contributed by atoms with Crippen LogP contribution in [0.2, 0.25) is 10.0 Å². The highest BCUT2D eigenvalue weighted by Crippen LogP contribution is 2.32. The molecular weight excluding hydrogens is 469 g/mol. The molecule has 2 aromatic carbocycles. The molecule has 4 aromatic rings. The number of anilines is 1. The number of fused-ring (bicyclic) bond motifs is 2. The van der Waals surface area contributed by atoms with Gasteiger partial charge in [0.05, 0.1) is 21.6 Å². The Balaban J connectivity index is 1.87. The van der Waals surface area contributed by atoms with Gasteiger partial charge in [0, 0.05) is 11.6 Å². The topological polar surface area (TPSA) is 83.6 Å². The second-order valence-corrected chi connectivity index (χ2v) is 9.17. The molecule has 174 valence electrons. The van der Waals surface area contributed by atoms with Crippen LogP contribution < -0.4 is 5.32 Å². The van der Waals surface area contributed by atoms with Crippen LogP contribution in [0.25, 0.3) is 22.2 Å². The van der Waals surface area contributed by atoms with Crippen molar-refractivity contribution in [2.75, 3.05) is 5.32 Å². The minimum absolute atomic E-state index is 0.238. The maximum atomic E-state index is 13.2. The molecule has 0 aliphatic carbocycles. The van der Waals surface area contributed by atoms with Crippen LogP contribution in [0.15, 0.2) is 42.5 Å². The van der Waals surface area contributed by atoms with E-state index in [4.69, 9.17) is 33.2 Å². The molecule has 0 saturated carbocycles. The van der Waals surface area contributed by atoms with Crippen molar-refractivity contribution in [1.82, 2.24) is 14.5 Å². The Morgan fingerprint density at radius 3 is 2.53 bits per heavy atom. The SMILES string of the molecule is CCCC[C@@H](CC)Cn1c(NC(=O)c2ccc(Cl)cc2Cl)c(C#N)c2nc3ccccc3nc21. The Bertz CT molecular complexity index is 1410. The van der Waals surface area contributed by atoms with Gasteiger partial charge < -0.3 is 9.88 Å². The molecule has 0 saturated heterocycles. The molecule has 1 amide bonds. The van der Waals surface area contributed by atoms with E-state index in [-0.39, 0.29) is 16.1 Å². The van der Waals surface area contributed by atoms with Crippen molar-refractivity contribution in [3.63, 3.8) is 0 Å². The van der Waals surface area contributed by atoms with Crippen molar-refractivity contribution in [3.05, 3.63) is 63.6 Å². The average molecular weight is 494 g/mol. The summed E-state index contributed by atoms with van der Waals surface area (Å²) < 4.78 is 1.93. The number of hydrogen-bond acceptors (Lipinski definition) is 4. The van der Waals surface area contributed by atoms with Crippen molar-refractivity contribution in [2.45, 2.75) is 46.1 Å². The quantitative estimate of drug-likeness (QED) is 0.280. The summed E-state index contributed by atoms with van der Waals surface area (Å²) in [5.74, 6) is 0.331. The van der Waals surface area contributed by atoms with E-state index < -0.39 is 5.91 Å². The Labute approximate surface area is 208 Å². The number of halogens is 2. The van der Waals surface area contributed by atoms with Crippen molar-refractivity contribution in [1.29, 1.82) is 5.26 Å². The molecule has 0 spiro atoms. The molecule has 0 aliphatic rings. The molecule has 0 radical (unpaired) electrons. The number of carbonyl (C=O) groups excluding carboxylic acids is 1. The molecule has 0 aliphatic heterocycles. The highest BCUT2D eigenvalue weighted by molar-refractivity contribution is 6.37. The Morgan fingerprint density at radius 1 is 1.15 bits per heavy atom. The standard InChI is InChI=1S/C26H25Cl2N5O/c1-3-5-8-16(4-2)15-33-24(32-26(34)18-12-11-17(27)13-20(18)28)19(14-29)23-25(33)31-22-10-7-6-9-21(22)30-23/h6-7,9-13,16H,3-5,8,15H2,1-2H3,(H,32,34)/t16-/m1/s1. The highest BCUT2D eigenvalue weighted by atomic mass is 35.5. The fourth-order valence-corrected chi connectivity index (χ4v) is 4.63. The Morgan fingerprint density at radius 2 is 1.88 bits per heavy atom. The first-order chi connectivity index (χ1) is 16.5. The molecule has 8 heteroatoms. The van der Waals surface area contributed by atoms with E-state index in [1.807, 2.05) is 28.8 Å². The summed E-state index contributed by atoms with van der Waals surface area (Å²) in [5, 5.41) is 13.7. The van der Waals surface area contributed by atoms with E-state index in [1.54, 1.807) is 12.1 Å². The number of unbranched alkanes of at least 4 members (excludes halogenated alkanes) is 1. The minimum Gasteiger partial charge on any atom is -0.309 e. The summed E-state index contributed by atoms with van der Waals surface area (Å²) in [6.45, 7) is 4.94. The molecular formula is C26H25Cl2N5O. The molecule has 4 rings (SSSR count). The fourth-order valence-electron chi connectivity index (χ4n) is 4.14. The Kier molecular flexibility index (Phi) is 7.35. The van der Waals surface area contributed by atoms with Crippen LogP contribution in [0.1, 0.15) is 55.5 Å². The van der Waals surface area contributed by atoms with Crippen molar-refractivity contribution in [2.24, 2.45) is 5.92 Å². The van der Waals surface area contributed by atoms with Crippen LogP contribution >= 0.6 is 23.2 Å². The van der Waals surface area contributed by atoms with Gasteiger partial charge in [-0.3, -0.25) is 4.79 Å². The largest absolute Gasteiger partial charge is 0.309 e. The number of benzene rings is 2. The van der Waals surface area contributed by atoms with Gasteiger partial charge in [0.15, 0.2) is 5.65 Å². The van der Waals surface area contributed by atoms with Gasteiger partial charge in [-0.2, -0.15) is 5.26 Å². The van der Waals surface area contributed by atoms with Gasteiger partial charge in [0.1, 0.15) is 23.0 Å². The monoisotopic (exact) mass is 493 g/mol. The lowest BCUT2D eigenvalue weighted by atomic mass is 9.99. The van der Waals surface area contributed by atoms with Crippen LogP contribution in [0.3, 0.4) is 0 Å². The van der Waals surface area contributed by atoms with Gasteiger partial charge >= 0.3 is 0 Å². The third-order valence-corrected chi connectivity index (χ3v) is 6.60. The van der Waals surface area contributed by atoms with Crippen molar-refractivity contribution >= 4 is 57.1 Å². The summed E-state index contributed by atoms with van der Waals surface area (Å²) in [7, 11) is 0. The molecule has 0 unspecified atom stereocenters. The van der Waals surface area contributed by atoms with Gasteiger partial charge in [0.2, 0.25) is 0 Å². The number of aromatic nitrogens is 3. The maximum Gasteiger partial charge on any atom is 0.258 e. The fraction of sp³-hybridized carbons (Fsp3) is 0.308. The van der Waals surface area contributed by atoms with Crippen molar-refractivity contribution in [3.8, 4) is 6.07 Å². The Hall–Kier alpha value is -3.14. The van der Waals surface area contributed by atoms with Gasteiger partial charge in [-0.05, 0) is 42.7 Å². The zero-order valence-corrected chi connectivity index (χ0v) is 20.6. The number of nitrogens with one attached hydrogen (secondary N) is 1. The van der Waals surface area contributed by atoms with E-state index in [0.29, 0.717) is 40.0 Å². The average Bonchev–Trinajstić information content (AvgIpc) is 3.10. The predicted molar refractivity (Wildman–Crippen MR) is 137 cm³/mol. The summed E-state index contributed by atoms with van der Waals surface area (Å²) in [6, 6.07) is 14.5. The number of hydrogen-bond donors (Lipinski definition) is 1. The highest BCUT2D eigenvalue weighted by Gasteiger charge is 2.25. The molecule has 2 heterocycles. The van der Waals surface area contributed by atoms with E-state index in [9.17, 15) is 10.1 Å². The summed E-state index contributed by atoms with van der Waals surface area (Å²) in [6.07, 6.45) is 4.24. The molecule has 1 N–H and O–H groups in total. The van der Waals surface area contributed by atoms with Crippen LogP contribution in [0.5, 0.6) is 0 Å². The number of para-hydroxylation sites is 2. The molecule has 0 bridgehead atoms. The lowest BCUT2D eigenvalue weighted by molar-refractivity contribution is 0.102. The van der Waals surface area contributed by atoms with Gasteiger partial charge in [-0.15, -0.1) is 0 Å². The number of nitriles is 1. The molecule has 6 nitrogen and oxygen atoms in total. The number of amides is 1. The van der Waals surface area contributed by atoms with E-state index >= 15 is 0 Å². The van der Waals surface area contributed by atoms with Crippen LogP contribution in [-0.4, -0.2) is 20.4 Å². The first-order valence-electron chi connectivity index (χ1n) is 11.4. The second kappa shape index (κ2) is 10.4.